The summed E-state index contributed by atoms with van der Waals surface area (Å²) < 4.78 is 0. The van der Waals surface area contributed by atoms with Crippen LogP contribution in [-0.2, 0) is 0 Å². The van der Waals surface area contributed by atoms with Gasteiger partial charge < -0.3 is 15.8 Å². The summed E-state index contributed by atoms with van der Waals surface area (Å²) in [5.41, 5.74) is 8.25. The topological polar surface area (TPSA) is 87.6 Å². The van der Waals surface area contributed by atoms with E-state index in [1.807, 2.05) is 13.8 Å². The molecule has 0 aliphatic rings. The van der Waals surface area contributed by atoms with E-state index in [9.17, 15) is 0 Å². The fraction of sp³-hybridized carbons (Fsp3) is 0.667. The molecule has 0 amide bonds. The molecule has 1 atom stereocenters. The minimum absolute atomic E-state index is 0.0882. The molecule has 21 heavy (non-hydrogen) atoms. The molecule has 118 valence electrons. The average molecular weight is 293 g/mol. The first-order valence-electron chi connectivity index (χ1n) is 7.56. The molecular weight excluding hydrogens is 266 g/mol. The van der Waals surface area contributed by atoms with Crippen LogP contribution in [0.15, 0.2) is 5.16 Å². The van der Waals surface area contributed by atoms with Crippen LogP contribution in [0.5, 0.6) is 0 Å². The van der Waals surface area contributed by atoms with Crippen LogP contribution >= 0.6 is 0 Å². The Kier molecular flexibility index (Phi) is 6.39. The van der Waals surface area contributed by atoms with E-state index in [0.717, 1.165) is 37.1 Å². The smallest absolute Gasteiger partial charge is 0.174 e. The molecule has 6 heteroatoms. The van der Waals surface area contributed by atoms with Gasteiger partial charge >= 0.3 is 0 Å². The molecule has 6 nitrogen and oxygen atoms in total. The van der Waals surface area contributed by atoms with Crippen LogP contribution < -0.4 is 10.6 Å². The molecule has 1 rings (SSSR count). The second-order valence-corrected chi connectivity index (χ2v) is 5.40. The van der Waals surface area contributed by atoms with Crippen molar-refractivity contribution in [3.05, 3.63) is 16.8 Å². The largest absolute Gasteiger partial charge is 0.409 e. The highest BCUT2D eigenvalue weighted by Crippen LogP contribution is 2.25. The standard InChI is InChI=1S/C15H27N5O/c1-6-8-9-20(10(3)7-2)15-13(14(16)19-21)11(4)12(5)17-18-15/h10,21H,6-9H2,1-5H3,(H2,16,19). The van der Waals surface area contributed by atoms with Gasteiger partial charge in [0.15, 0.2) is 11.7 Å². The minimum Gasteiger partial charge on any atom is -0.409 e. The number of nitrogens with two attached hydrogens (primary N) is 1. The maximum absolute atomic E-state index is 9.08. The average Bonchev–Trinajstić information content (AvgIpc) is 2.49. The van der Waals surface area contributed by atoms with E-state index in [4.69, 9.17) is 10.9 Å². The first kappa shape index (κ1) is 17.2. The molecule has 1 aromatic heterocycles. The molecule has 0 fully saturated rings. The summed E-state index contributed by atoms with van der Waals surface area (Å²) in [6, 6.07) is 0.318. The second-order valence-electron chi connectivity index (χ2n) is 5.40. The molecule has 0 saturated carbocycles. The number of aryl methyl sites for hydroxylation is 1. The summed E-state index contributed by atoms with van der Waals surface area (Å²) in [6.45, 7) is 11.1. The first-order chi connectivity index (χ1) is 9.97. The van der Waals surface area contributed by atoms with Gasteiger partial charge in [-0.25, -0.2) is 0 Å². The molecule has 0 aliphatic heterocycles. The monoisotopic (exact) mass is 293 g/mol. The lowest BCUT2D eigenvalue weighted by atomic mass is 10.1. The van der Waals surface area contributed by atoms with Crippen LogP contribution in [0.1, 0.15) is 56.9 Å². The fourth-order valence-electron chi connectivity index (χ4n) is 2.24. The Morgan fingerprint density at radius 3 is 2.52 bits per heavy atom. The molecule has 1 aromatic rings. The summed E-state index contributed by atoms with van der Waals surface area (Å²) >= 11 is 0. The summed E-state index contributed by atoms with van der Waals surface area (Å²) in [5.74, 6) is 0.793. The van der Waals surface area contributed by atoms with Crippen molar-refractivity contribution in [1.29, 1.82) is 0 Å². The number of oxime groups is 1. The Balaban J connectivity index is 3.39. The van der Waals surface area contributed by atoms with E-state index < -0.39 is 0 Å². The van der Waals surface area contributed by atoms with Gasteiger partial charge in [-0.05, 0) is 39.2 Å². The lowest BCUT2D eigenvalue weighted by Crippen LogP contribution is -2.37. The van der Waals surface area contributed by atoms with Crippen LogP contribution in [0, 0.1) is 13.8 Å². The van der Waals surface area contributed by atoms with E-state index in [0.29, 0.717) is 17.4 Å². The molecule has 0 aliphatic carbocycles. The van der Waals surface area contributed by atoms with Gasteiger partial charge in [-0.3, -0.25) is 0 Å². The zero-order chi connectivity index (χ0) is 16.0. The summed E-state index contributed by atoms with van der Waals surface area (Å²) in [6.07, 6.45) is 3.16. The lowest BCUT2D eigenvalue weighted by Gasteiger charge is -2.31. The SMILES string of the molecule is CCCCN(c1nnc(C)c(C)c1C(N)=NO)C(C)CC. The predicted octanol–water partition coefficient (Wildman–Crippen LogP) is 2.59. The van der Waals surface area contributed by atoms with Crippen molar-refractivity contribution >= 4 is 11.7 Å². The van der Waals surface area contributed by atoms with Crippen molar-refractivity contribution in [2.24, 2.45) is 10.9 Å². The number of hydrogen-bond acceptors (Lipinski definition) is 5. The quantitative estimate of drug-likeness (QED) is 0.349. The maximum Gasteiger partial charge on any atom is 0.174 e. The van der Waals surface area contributed by atoms with Crippen molar-refractivity contribution in [3.63, 3.8) is 0 Å². The Morgan fingerprint density at radius 2 is 2.00 bits per heavy atom. The van der Waals surface area contributed by atoms with Gasteiger partial charge in [-0.2, -0.15) is 5.10 Å². The van der Waals surface area contributed by atoms with E-state index in [2.05, 4.69) is 41.0 Å². The summed E-state index contributed by atoms with van der Waals surface area (Å²) in [5, 5.41) is 20.8. The van der Waals surface area contributed by atoms with Crippen LogP contribution in [0.3, 0.4) is 0 Å². The van der Waals surface area contributed by atoms with E-state index in [1.165, 1.54) is 0 Å². The van der Waals surface area contributed by atoms with E-state index in [1.54, 1.807) is 0 Å². The number of aromatic nitrogens is 2. The Morgan fingerprint density at radius 1 is 1.33 bits per heavy atom. The minimum atomic E-state index is 0.0882. The van der Waals surface area contributed by atoms with Crippen molar-refractivity contribution in [2.75, 3.05) is 11.4 Å². The van der Waals surface area contributed by atoms with Crippen molar-refractivity contribution < 1.29 is 5.21 Å². The predicted molar refractivity (Wildman–Crippen MR) is 86.0 cm³/mol. The van der Waals surface area contributed by atoms with Gasteiger partial charge in [0.1, 0.15) is 0 Å². The Hall–Kier alpha value is -1.85. The third-order valence-electron chi connectivity index (χ3n) is 3.95. The van der Waals surface area contributed by atoms with Crippen LogP contribution in [0.2, 0.25) is 0 Å². The van der Waals surface area contributed by atoms with Gasteiger partial charge in [0.05, 0.1) is 11.3 Å². The van der Waals surface area contributed by atoms with Crippen molar-refractivity contribution in [3.8, 4) is 0 Å². The van der Waals surface area contributed by atoms with E-state index >= 15 is 0 Å². The molecule has 0 bridgehead atoms. The third-order valence-corrected chi connectivity index (χ3v) is 3.95. The van der Waals surface area contributed by atoms with Crippen LogP contribution in [0.4, 0.5) is 5.82 Å². The van der Waals surface area contributed by atoms with Crippen LogP contribution in [0.25, 0.3) is 0 Å². The summed E-state index contributed by atoms with van der Waals surface area (Å²) in [4.78, 5) is 2.20. The van der Waals surface area contributed by atoms with Crippen LogP contribution in [-0.4, -0.2) is 33.8 Å². The number of anilines is 1. The molecule has 1 unspecified atom stereocenters. The maximum atomic E-state index is 9.08. The highest BCUT2D eigenvalue weighted by molar-refractivity contribution is 6.02. The number of amidine groups is 1. The first-order valence-corrected chi connectivity index (χ1v) is 7.56. The van der Waals surface area contributed by atoms with E-state index in [-0.39, 0.29) is 5.84 Å². The number of rotatable bonds is 7. The van der Waals surface area contributed by atoms with Gasteiger partial charge in [-0.15, -0.1) is 5.10 Å². The summed E-state index contributed by atoms with van der Waals surface area (Å²) in [7, 11) is 0. The second kappa shape index (κ2) is 7.81. The van der Waals surface area contributed by atoms with Gasteiger partial charge in [0, 0.05) is 12.6 Å². The van der Waals surface area contributed by atoms with Crippen molar-refractivity contribution in [2.45, 2.75) is 59.9 Å². The lowest BCUT2D eigenvalue weighted by molar-refractivity contribution is 0.318. The van der Waals surface area contributed by atoms with Gasteiger partial charge in [0.2, 0.25) is 0 Å². The zero-order valence-electron chi connectivity index (χ0n) is 13.7. The number of nitrogens with zero attached hydrogens (tertiary/aromatic N) is 4. The normalized spacial score (nSPS) is 13.3. The molecule has 0 radical (unpaired) electrons. The highest BCUT2D eigenvalue weighted by atomic mass is 16.4. The molecule has 0 saturated heterocycles. The fourth-order valence-corrected chi connectivity index (χ4v) is 2.24. The van der Waals surface area contributed by atoms with Gasteiger partial charge in [-0.1, -0.05) is 25.4 Å². The Labute approximate surface area is 127 Å². The highest BCUT2D eigenvalue weighted by Gasteiger charge is 2.22. The molecule has 0 spiro atoms. The molecule has 1 heterocycles. The molecule has 0 aromatic carbocycles. The number of unbranched alkanes of at least 4 members (excludes halogenated alkanes) is 1. The zero-order valence-corrected chi connectivity index (χ0v) is 13.7. The van der Waals surface area contributed by atoms with Gasteiger partial charge in [0.25, 0.3) is 0 Å². The molecular formula is C15H27N5O. The number of hydrogen-bond donors (Lipinski definition) is 2. The van der Waals surface area contributed by atoms with Crippen molar-refractivity contribution in [1.82, 2.24) is 10.2 Å². The Bertz CT molecular complexity index is 501. The molecule has 3 N–H and O–H groups in total. The third kappa shape index (κ3) is 3.83.